The van der Waals surface area contributed by atoms with Crippen LogP contribution in [0, 0.1) is 0 Å². The maximum Gasteiger partial charge on any atom is 0.170 e. The molecule has 0 amide bonds. The lowest BCUT2D eigenvalue weighted by Crippen LogP contribution is -2.34. The van der Waals surface area contributed by atoms with E-state index < -0.39 is 0 Å². The molecule has 0 aliphatic carbocycles. The molecule has 1 rings (SSSR count). The number of anilines is 1. The van der Waals surface area contributed by atoms with Crippen molar-refractivity contribution in [3.8, 4) is 0 Å². The Kier molecular flexibility index (Phi) is 5.52. The van der Waals surface area contributed by atoms with Gasteiger partial charge in [0.05, 0.1) is 16.8 Å². The maximum atomic E-state index is 5.98. The van der Waals surface area contributed by atoms with Crippen molar-refractivity contribution < 1.29 is 4.74 Å². The average molecular weight is 259 g/mol. The van der Waals surface area contributed by atoms with E-state index >= 15 is 0 Å². The number of halogens is 1. The van der Waals surface area contributed by atoms with Gasteiger partial charge in [-0.05, 0) is 31.3 Å². The number of methoxy groups -OCH3 is 1. The second-order valence-corrected chi connectivity index (χ2v) is 4.18. The molecule has 1 aromatic rings. The molecule has 0 fully saturated rings. The van der Waals surface area contributed by atoms with Gasteiger partial charge in [0.1, 0.15) is 0 Å². The summed E-state index contributed by atoms with van der Waals surface area (Å²) in [5.74, 6) is 0. The molecule has 1 unspecified atom stereocenters. The van der Waals surface area contributed by atoms with Gasteiger partial charge in [0, 0.05) is 13.7 Å². The molecule has 0 aliphatic rings. The molecular weight excluding hydrogens is 244 g/mol. The van der Waals surface area contributed by atoms with Gasteiger partial charge in [-0.2, -0.15) is 0 Å². The summed E-state index contributed by atoms with van der Waals surface area (Å²) in [6.07, 6.45) is 0.117. The van der Waals surface area contributed by atoms with Gasteiger partial charge in [-0.15, -0.1) is 0 Å². The zero-order valence-corrected chi connectivity index (χ0v) is 10.9. The molecule has 0 aliphatic heterocycles. The molecule has 0 radical (unpaired) electrons. The zero-order valence-electron chi connectivity index (χ0n) is 9.29. The minimum absolute atomic E-state index is 0.117. The third-order valence-electron chi connectivity index (χ3n) is 2.07. The SMILES string of the molecule is COC(C)CNC(=S)Nc1ccccc1Cl. The van der Waals surface area contributed by atoms with Crippen molar-refractivity contribution >= 4 is 34.6 Å². The number of ether oxygens (including phenoxy) is 1. The summed E-state index contributed by atoms with van der Waals surface area (Å²) in [6.45, 7) is 2.62. The van der Waals surface area contributed by atoms with E-state index in [0.29, 0.717) is 16.7 Å². The maximum absolute atomic E-state index is 5.98. The van der Waals surface area contributed by atoms with E-state index in [1.54, 1.807) is 7.11 Å². The van der Waals surface area contributed by atoms with Gasteiger partial charge in [-0.25, -0.2) is 0 Å². The summed E-state index contributed by atoms with van der Waals surface area (Å²) < 4.78 is 5.10. The number of hydrogen-bond acceptors (Lipinski definition) is 2. The third kappa shape index (κ3) is 4.35. The molecule has 1 atom stereocenters. The summed E-state index contributed by atoms with van der Waals surface area (Å²) in [5, 5.41) is 7.25. The molecule has 16 heavy (non-hydrogen) atoms. The first-order valence-corrected chi connectivity index (χ1v) is 5.74. The molecule has 0 heterocycles. The summed E-state index contributed by atoms with van der Waals surface area (Å²) in [4.78, 5) is 0. The van der Waals surface area contributed by atoms with Crippen molar-refractivity contribution in [3.63, 3.8) is 0 Å². The van der Waals surface area contributed by atoms with E-state index in [9.17, 15) is 0 Å². The summed E-state index contributed by atoms with van der Waals surface area (Å²) in [5.41, 5.74) is 0.798. The van der Waals surface area contributed by atoms with Crippen LogP contribution in [0.4, 0.5) is 5.69 Å². The van der Waals surface area contributed by atoms with Crippen LogP contribution in [-0.2, 0) is 4.74 Å². The highest BCUT2D eigenvalue weighted by molar-refractivity contribution is 7.80. The number of rotatable bonds is 4. The summed E-state index contributed by atoms with van der Waals surface area (Å²) >= 11 is 11.1. The summed E-state index contributed by atoms with van der Waals surface area (Å²) in [6, 6.07) is 7.45. The van der Waals surface area contributed by atoms with Crippen molar-refractivity contribution in [1.29, 1.82) is 0 Å². The van der Waals surface area contributed by atoms with Crippen LogP contribution in [0.1, 0.15) is 6.92 Å². The number of hydrogen-bond donors (Lipinski definition) is 2. The van der Waals surface area contributed by atoms with E-state index in [0.717, 1.165) is 5.69 Å². The van der Waals surface area contributed by atoms with E-state index in [-0.39, 0.29) is 6.10 Å². The van der Waals surface area contributed by atoms with E-state index in [1.807, 2.05) is 31.2 Å². The molecule has 5 heteroatoms. The smallest absolute Gasteiger partial charge is 0.170 e. The number of para-hydroxylation sites is 1. The predicted octanol–water partition coefficient (Wildman–Crippen LogP) is 2.66. The highest BCUT2D eigenvalue weighted by atomic mass is 35.5. The average Bonchev–Trinajstić information content (AvgIpc) is 2.29. The van der Waals surface area contributed by atoms with Crippen molar-refractivity contribution in [3.05, 3.63) is 29.3 Å². The fraction of sp³-hybridized carbons (Fsp3) is 0.364. The van der Waals surface area contributed by atoms with Crippen molar-refractivity contribution in [2.75, 3.05) is 19.0 Å². The standard InChI is InChI=1S/C11H15ClN2OS/c1-8(15-2)7-13-11(16)14-10-6-4-3-5-9(10)12/h3-6,8H,7H2,1-2H3,(H2,13,14,16). The fourth-order valence-electron chi connectivity index (χ4n) is 1.05. The zero-order chi connectivity index (χ0) is 12.0. The van der Waals surface area contributed by atoms with Gasteiger partial charge in [0.15, 0.2) is 5.11 Å². The lowest BCUT2D eigenvalue weighted by Gasteiger charge is -2.14. The van der Waals surface area contributed by atoms with Gasteiger partial charge < -0.3 is 15.4 Å². The molecule has 2 N–H and O–H groups in total. The lowest BCUT2D eigenvalue weighted by atomic mass is 10.3. The topological polar surface area (TPSA) is 33.3 Å². The molecule has 88 valence electrons. The van der Waals surface area contributed by atoms with Gasteiger partial charge in [-0.1, -0.05) is 23.7 Å². The minimum atomic E-state index is 0.117. The Labute approximate surface area is 106 Å². The molecule has 0 saturated carbocycles. The first kappa shape index (κ1) is 13.2. The first-order chi connectivity index (χ1) is 7.63. The molecule has 1 aromatic carbocycles. The van der Waals surface area contributed by atoms with Crippen LogP contribution in [-0.4, -0.2) is 24.9 Å². The Morgan fingerprint density at radius 3 is 2.81 bits per heavy atom. The first-order valence-electron chi connectivity index (χ1n) is 4.95. The molecule has 0 bridgehead atoms. The van der Waals surface area contributed by atoms with Crippen LogP contribution < -0.4 is 10.6 Å². The molecule has 0 spiro atoms. The highest BCUT2D eigenvalue weighted by Gasteiger charge is 2.03. The highest BCUT2D eigenvalue weighted by Crippen LogP contribution is 2.19. The van der Waals surface area contributed by atoms with Gasteiger partial charge >= 0.3 is 0 Å². The van der Waals surface area contributed by atoms with Crippen molar-refractivity contribution in [1.82, 2.24) is 5.32 Å². The predicted molar refractivity (Wildman–Crippen MR) is 72.1 cm³/mol. The Bertz CT molecular complexity index is 360. The van der Waals surface area contributed by atoms with Crippen molar-refractivity contribution in [2.24, 2.45) is 0 Å². The number of benzene rings is 1. The molecular formula is C11H15ClN2OS. The van der Waals surface area contributed by atoms with Crippen LogP contribution >= 0.6 is 23.8 Å². The van der Waals surface area contributed by atoms with Gasteiger partial charge in [0.2, 0.25) is 0 Å². The van der Waals surface area contributed by atoms with Gasteiger partial charge in [0.25, 0.3) is 0 Å². The monoisotopic (exact) mass is 258 g/mol. The molecule has 0 aromatic heterocycles. The number of thiocarbonyl (C=S) groups is 1. The second-order valence-electron chi connectivity index (χ2n) is 3.36. The van der Waals surface area contributed by atoms with Crippen molar-refractivity contribution in [2.45, 2.75) is 13.0 Å². The van der Waals surface area contributed by atoms with Crippen LogP contribution in [0.3, 0.4) is 0 Å². The third-order valence-corrected chi connectivity index (χ3v) is 2.65. The van der Waals surface area contributed by atoms with Crippen LogP contribution in [0.2, 0.25) is 5.02 Å². The largest absolute Gasteiger partial charge is 0.380 e. The second kappa shape index (κ2) is 6.68. The van der Waals surface area contributed by atoms with Crippen LogP contribution in [0.15, 0.2) is 24.3 Å². The van der Waals surface area contributed by atoms with Gasteiger partial charge in [-0.3, -0.25) is 0 Å². The Balaban J connectivity index is 2.43. The molecule has 3 nitrogen and oxygen atoms in total. The van der Waals surface area contributed by atoms with E-state index in [2.05, 4.69) is 10.6 Å². The van der Waals surface area contributed by atoms with Crippen LogP contribution in [0.25, 0.3) is 0 Å². The van der Waals surface area contributed by atoms with E-state index in [1.165, 1.54) is 0 Å². The normalized spacial score (nSPS) is 11.9. The minimum Gasteiger partial charge on any atom is -0.380 e. The Hall–Kier alpha value is -0.840. The fourth-order valence-corrected chi connectivity index (χ4v) is 1.43. The number of nitrogens with one attached hydrogen (secondary N) is 2. The lowest BCUT2D eigenvalue weighted by molar-refractivity contribution is 0.121. The Morgan fingerprint density at radius 2 is 2.19 bits per heavy atom. The van der Waals surface area contributed by atoms with E-state index in [4.69, 9.17) is 28.6 Å². The molecule has 0 saturated heterocycles. The summed E-state index contributed by atoms with van der Waals surface area (Å²) in [7, 11) is 1.66. The quantitative estimate of drug-likeness (QED) is 0.814. The van der Waals surface area contributed by atoms with Crippen LogP contribution in [0.5, 0.6) is 0 Å². The Morgan fingerprint density at radius 1 is 1.50 bits per heavy atom.